The summed E-state index contributed by atoms with van der Waals surface area (Å²) in [6, 6.07) is 18.0. The van der Waals surface area contributed by atoms with E-state index < -0.39 is 21.7 Å². The number of hydrogen-bond acceptors (Lipinski definition) is 5. The maximum absolute atomic E-state index is 12.6. The molecule has 2 atom stereocenters. The van der Waals surface area contributed by atoms with Gasteiger partial charge in [-0.15, -0.1) is 0 Å². The highest BCUT2D eigenvalue weighted by Gasteiger charge is 2.43. The standard InChI is InChI=1S/C23H29NO5S/c1-18(17-30(26,27)21-12-8-5-9-13-21)14-20-15-24(23(2,3)29-20)22(25)28-16-19-10-6-4-7-11-19/h4-13,18,20H,14-17H2,1-3H3/t18-,20+/m0/s1. The Bertz CT molecular complexity index is 944. The second-order valence-corrected chi connectivity index (χ2v) is 10.3. The van der Waals surface area contributed by atoms with Crippen molar-refractivity contribution in [2.75, 3.05) is 12.3 Å². The number of sulfone groups is 1. The van der Waals surface area contributed by atoms with Gasteiger partial charge in [0.2, 0.25) is 0 Å². The number of nitrogens with zero attached hydrogens (tertiary/aromatic N) is 1. The topological polar surface area (TPSA) is 72.9 Å². The summed E-state index contributed by atoms with van der Waals surface area (Å²) in [5, 5.41) is 0. The van der Waals surface area contributed by atoms with Crippen LogP contribution >= 0.6 is 0 Å². The molecular weight excluding hydrogens is 402 g/mol. The zero-order valence-corrected chi connectivity index (χ0v) is 18.5. The lowest BCUT2D eigenvalue weighted by atomic mass is 10.1. The zero-order valence-electron chi connectivity index (χ0n) is 17.7. The van der Waals surface area contributed by atoms with Gasteiger partial charge >= 0.3 is 6.09 Å². The van der Waals surface area contributed by atoms with Crippen molar-refractivity contribution in [3.05, 3.63) is 66.2 Å². The van der Waals surface area contributed by atoms with Crippen molar-refractivity contribution < 1.29 is 22.7 Å². The molecule has 1 heterocycles. The summed E-state index contributed by atoms with van der Waals surface area (Å²) in [4.78, 5) is 14.5. The molecule has 0 saturated carbocycles. The summed E-state index contributed by atoms with van der Waals surface area (Å²) in [7, 11) is -3.36. The molecular formula is C23H29NO5S. The van der Waals surface area contributed by atoms with Crippen LogP contribution in [0, 0.1) is 5.92 Å². The lowest BCUT2D eigenvalue weighted by Crippen LogP contribution is -2.43. The largest absolute Gasteiger partial charge is 0.444 e. The summed E-state index contributed by atoms with van der Waals surface area (Å²) in [5.74, 6) is -0.0771. The Labute approximate surface area is 178 Å². The van der Waals surface area contributed by atoms with Gasteiger partial charge in [-0.05, 0) is 43.9 Å². The lowest BCUT2D eigenvalue weighted by Gasteiger charge is -2.29. The van der Waals surface area contributed by atoms with Crippen LogP contribution in [0.4, 0.5) is 4.79 Å². The van der Waals surface area contributed by atoms with Crippen LogP contribution in [-0.2, 0) is 25.9 Å². The molecule has 1 amide bonds. The summed E-state index contributed by atoms with van der Waals surface area (Å²) >= 11 is 0. The fourth-order valence-corrected chi connectivity index (χ4v) is 5.41. The normalized spacial score (nSPS) is 19.4. The molecule has 0 unspecified atom stereocenters. The maximum Gasteiger partial charge on any atom is 0.412 e. The molecule has 162 valence electrons. The van der Waals surface area contributed by atoms with Gasteiger partial charge in [0.05, 0.1) is 23.3 Å². The summed E-state index contributed by atoms with van der Waals surface area (Å²) in [6.07, 6.45) is -0.140. The zero-order chi connectivity index (χ0) is 21.8. The Kier molecular flexibility index (Phi) is 6.83. The highest BCUT2D eigenvalue weighted by molar-refractivity contribution is 7.91. The number of ether oxygens (including phenoxy) is 2. The van der Waals surface area contributed by atoms with Crippen LogP contribution in [0.15, 0.2) is 65.6 Å². The molecule has 6 nitrogen and oxygen atoms in total. The van der Waals surface area contributed by atoms with E-state index in [1.807, 2.05) is 51.1 Å². The van der Waals surface area contributed by atoms with Crippen LogP contribution in [0.5, 0.6) is 0 Å². The van der Waals surface area contributed by atoms with Crippen molar-refractivity contribution in [1.29, 1.82) is 0 Å². The van der Waals surface area contributed by atoms with Gasteiger partial charge in [-0.2, -0.15) is 0 Å². The second-order valence-electron chi connectivity index (χ2n) is 8.27. The average Bonchev–Trinajstić information content (AvgIpc) is 3.00. The van der Waals surface area contributed by atoms with E-state index in [1.54, 1.807) is 35.2 Å². The molecule has 0 bridgehead atoms. The average molecular weight is 432 g/mol. The smallest absolute Gasteiger partial charge is 0.412 e. The van der Waals surface area contributed by atoms with Gasteiger partial charge in [-0.3, -0.25) is 4.90 Å². The van der Waals surface area contributed by atoms with Gasteiger partial charge in [0, 0.05) is 0 Å². The van der Waals surface area contributed by atoms with Crippen molar-refractivity contribution in [3.63, 3.8) is 0 Å². The maximum atomic E-state index is 12.6. The van der Waals surface area contributed by atoms with E-state index in [4.69, 9.17) is 9.47 Å². The molecule has 0 aliphatic carbocycles. The molecule has 0 N–H and O–H groups in total. The molecule has 0 aromatic heterocycles. The molecule has 2 aromatic carbocycles. The Morgan fingerprint density at radius 2 is 1.73 bits per heavy atom. The fourth-order valence-electron chi connectivity index (χ4n) is 3.76. The lowest BCUT2D eigenvalue weighted by molar-refractivity contribution is -0.0737. The number of hydrogen-bond donors (Lipinski definition) is 0. The number of carbonyl (C=O) groups is 1. The first-order valence-electron chi connectivity index (χ1n) is 10.1. The van der Waals surface area contributed by atoms with E-state index >= 15 is 0 Å². The molecule has 1 aliphatic heterocycles. The predicted octanol–water partition coefficient (Wildman–Crippen LogP) is 4.26. The summed E-state index contributed by atoms with van der Waals surface area (Å²) in [5.41, 5.74) is 0.108. The first-order valence-corrected chi connectivity index (χ1v) is 11.8. The monoisotopic (exact) mass is 431 g/mol. The minimum atomic E-state index is -3.36. The molecule has 0 radical (unpaired) electrons. The van der Waals surface area contributed by atoms with Gasteiger partial charge in [0.1, 0.15) is 12.3 Å². The number of carbonyl (C=O) groups excluding carboxylic acids is 1. The van der Waals surface area contributed by atoms with Crippen molar-refractivity contribution in [3.8, 4) is 0 Å². The third-order valence-electron chi connectivity index (χ3n) is 5.19. The molecule has 1 aliphatic rings. The molecule has 1 fully saturated rings. The summed E-state index contributed by atoms with van der Waals surface area (Å²) < 4.78 is 36.7. The highest BCUT2D eigenvalue weighted by Crippen LogP contribution is 2.31. The van der Waals surface area contributed by atoms with Crippen LogP contribution in [-0.4, -0.2) is 43.5 Å². The van der Waals surface area contributed by atoms with Gasteiger partial charge in [-0.25, -0.2) is 13.2 Å². The van der Waals surface area contributed by atoms with E-state index in [2.05, 4.69) is 0 Å². The number of amides is 1. The van der Waals surface area contributed by atoms with Crippen molar-refractivity contribution >= 4 is 15.9 Å². The number of benzene rings is 2. The Morgan fingerprint density at radius 3 is 2.37 bits per heavy atom. The molecule has 7 heteroatoms. The van der Waals surface area contributed by atoms with Crippen LogP contribution in [0.2, 0.25) is 0 Å². The van der Waals surface area contributed by atoms with Crippen molar-refractivity contribution in [2.24, 2.45) is 5.92 Å². The second kappa shape index (κ2) is 9.18. The van der Waals surface area contributed by atoms with E-state index in [-0.39, 0.29) is 24.4 Å². The molecule has 30 heavy (non-hydrogen) atoms. The molecule has 3 rings (SSSR count). The van der Waals surface area contributed by atoms with Crippen molar-refractivity contribution in [1.82, 2.24) is 4.90 Å². The summed E-state index contributed by atoms with van der Waals surface area (Å²) in [6.45, 7) is 6.11. The Morgan fingerprint density at radius 1 is 1.13 bits per heavy atom. The third kappa shape index (κ3) is 5.61. The molecule has 1 saturated heterocycles. The molecule has 2 aromatic rings. The minimum Gasteiger partial charge on any atom is -0.444 e. The van der Waals surface area contributed by atoms with Gasteiger partial charge in [0.15, 0.2) is 9.84 Å². The van der Waals surface area contributed by atoms with E-state index in [9.17, 15) is 13.2 Å². The van der Waals surface area contributed by atoms with E-state index in [0.29, 0.717) is 17.9 Å². The van der Waals surface area contributed by atoms with E-state index in [0.717, 1.165) is 5.56 Å². The Balaban J connectivity index is 1.56. The highest BCUT2D eigenvalue weighted by atomic mass is 32.2. The Hall–Kier alpha value is -2.38. The van der Waals surface area contributed by atoms with E-state index in [1.165, 1.54) is 0 Å². The quantitative estimate of drug-likeness (QED) is 0.655. The molecule has 0 spiro atoms. The predicted molar refractivity (Wildman–Crippen MR) is 115 cm³/mol. The van der Waals surface area contributed by atoms with Crippen molar-refractivity contribution in [2.45, 2.75) is 50.5 Å². The van der Waals surface area contributed by atoms with Gasteiger partial charge < -0.3 is 9.47 Å². The van der Waals surface area contributed by atoms with Crippen LogP contribution in [0.3, 0.4) is 0 Å². The first kappa shape index (κ1) is 22.3. The van der Waals surface area contributed by atoms with Gasteiger partial charge in [0.25, 0.3) is 0 Å². The van der Waals surface area contributed by atoms with Crippen LogP contribution < -0.4 is 0 Å². The minimum absolute atomic E-state index is 0.0375. The van der Waals surface area contributed by atoms with Crippen LogP contribution in [0.1, 0.15) is 32.8 Å². The third-order valence-corrected chi connectivity index (χ3v) is 7.19. The fraction of sp³-hybridized carbons (Fsp3) is 0.435. The van der Waals surface area contributed by atoms with Gasteiger partial charge in [-0.1, -0.05) is 55.5 Å². The SMILES string of the molecule is C[C@@H](C[C@@H]1CN(C(=O)OCc2ccccc2)C(C)(C)O1)CS(=O)(=O)c1ccccc1. The number of rotatable bonds is 7. The van der Waals surface area contributed by atoms with Crippen LogP contribution in [0.25, 0.3) is 0 Å². The first-order chi connectivity index (χ1) is 14.2.